The number of aryl methyl sites for hydroxylation is 2. The maximum absolute atomic E-state index is 12.1. The van der Waals surface area contributed by atoms with Gasteiger partial charge >= 0.3 is 0 Å². The summed E-state index contributed by atoms with van der Waals surface area (Å²) in [5.74, 6) is -1.46. The molecule has 6 heteroatoms. The average molecular weight is 270 g/mol. The highest BCUT2D eigenvalue weighted by Crippen LogP contribution is 2.25. The van der Waals surface area contributed by atoms with Crippen LogP contribution in [0.4, 0.5) is 0 Å². The summed E-state index contributed by atoms with van der Waals surface area (Å²) in [4.78, 5) is 10.5. The molecule has 1 aromatic rings. The molecule has 0 aliphatic carbocycles. The minimum Gasteiger partial charge on any atom is -0.549 e. The van der Waals surface area contributed by atoms with Gasteiger partial charge in [0, 0.05) is 0 Å². The largest absolute Gasteiger partial charge is 0.549 e. The minimum atomic E-state index is -3.83. The third-order valence-electron chi connectivity index (χ3n) is 2.97. The lowest BCUT2D eigenvalue weighted by Crippen LogP contribution is -2.38. The van der Waals surface area contributed by atoms with Gasteiger partial charge in [-0.1, -0.05) is 6.07 Å². The summed E-state index contributed by atoms with van der Waals surface area (Å²) in [6, 6.07) is 1.91. The monoisotopic (exact) mass is 270 g/mol. The zero-order chi connectivity index (χ0) is 14.1. The fraction of sp³-hybridized carbons (Fsp3) is 0.417. The number of nitrogens with one attached hydrogen (secondary N) is 1. The fourth-order valence-corrected chi connectivity index (χ4v) is 3.39. The van der Waals surface area contributed by atoms with Gasteiger partial charge in [-0.25, -0.2) is 13.1 Å². The first-order valence-corrected chi connectivity index (χ1v) is 6.92. The molecule has 5 nitrogen and oxygen atoms in total. The molecule has 0 amide bonds. The van der Waals surface area contributed by atoms with Crippen LogP contribution >= 0.6 is 0 Å². The lowest BCUT2D eigenvalue weighted by Gasteiger charge is -2.16. The van der Waals surface area contributed by atoms with Crippen LogP contribution in [0.15, 0.2) is 11.0 Å². The molecule has 0 heterocycles. The van der Waals surface area contributed by atoms with E-state index in [-0.39, 0.29) is 4.90 Å². The SMILES string of the molecule is Cc1cc(C)c(C)c(S(=O)(=O)NCC(=O)[O-])c1C. The number of carboxylic acid groups (broad SMARTS) is 1. The van der Waals surface area contributed by atoms with Crippen LogP contribution in [0.5, 0.6) is 0 Å². The van der Waals surface area contributed by atoms with E-state index in [0.717, 1.165) is 11.1 Å². The van der Waals surface area contributed by atoms with E-state index in [1.165, 1.54) is 0 Å². The van der Waals surface area contributed by atoms with Gasteiger partial charge in [0.1, 0.15) is 0 Å². The van der Waals surface area contributed by atoms with Crippen molar-refractivity contribution in [2.24, 2.45) is 0 Å². The van der Waals surface area contributed by atoms with Gasteiger partial charge in [-0.2, -0.15) is 0 Å². The number of carbonyl (C=O) groups is 1. The number of hydrogen-bond donors (Lipinski definition) is 1. The number of benzene rings is 1. The number of carbonyl (C=O) groups excluding carboxylic acids is 1. The van der Waals surface area contributed by atoms with Crippen molar-refractivity contribution in [2.45, 2.75) is 32.6 Å². The third kappa shape index (κ3) is 2.88. The van der Waals surface area contributed by atoms with E-state index in [2.05, 4.69) is 0 Å². The molecule has 0 atom stereocenters. The molecule has 0 unspecified atom stereocenters. The Balaban J connectivity index is 3.36. The molecule has 100 valence electrons. The zero-order valence-corrected chi connectivity index (χ0v) is 11.6. The molecule has 0 spiro atoms. The smallest absolute Gasteiger partial charge is 0.241 e. The quantitative estimate of drug-likeness (QED) is 0.831. The fourth-order valence-electron chi connectivity index (χ4n) is 1.81. The van der Waals surface area contributed by atoms with Crippen molar-refractivity contribution in [3.8, 4) is 0 Å². The maximum atomic E-state index is 12.1. The Hall–Kier alpha value is -1.40. The molecule has 1 aromatic carbocycles. The number of aliphatic carboxylic acids is 1. The van der Waals surface area contributed by atoms with E-state index in [9.17, 15) is 18.3 Å². The number of sulfonamides is 1. The average Bonchev–Trinajstić information content (AvgIpc) is 2.24. The van der Waals surface area contributed by atoms with Gasteiger partial charge in [-0.05, 0) is 49.9 Å². The summed E-state index contributed by atoms with van der Waals surface area (Å²) in [6.45, 7) is 6.32. The molecule has 0 saturated heterocycles. The van der Waals surface area contributed by atoms with Crippen LogP contribution in [0.1, 0.15) is 22.3 Å². The summed E-state index contributed by atoms with van der Waals surface area (Å²) >= 11 is 0. The maximum Gasteiger partial charge on any atom is 0.241 e. The summed E-state index contributed by atoms with van der Waals surface area (Å²) in [5.41, 5.74) is 2.96. The van der Waals surface area contributed by atoms with E-state index in [1.807, 2.05) is 24.6 Å². The first kappa shape index (κ1) is 14.7. The Labute approximate surface area is 107 Å². The predicted octanol–water partition coefficient (Wildman–Crippen LogP) is -0.0515. The lowest BCUT2D eigenvalue weighted by atomic mass is 10.0. The molecule has 18 heavy (non-hydrogen) atoms. The highest BCUT2D eigenvalue weighted by atomic mass is 32.2. The van der Waals surface area contributed by atoms with Crippen LogP contribution in [-0.4, -0.2) is 20.9 Å². The summed E-state index contributed by atoms with van der Waals surface area (Å²) in [7, 11) is -3.83. The van der Waals surface area contributed by atoms with Crippen molar-refractivity contribution in [1.29, 1.82) is 0 Å². The Kier molecular flexibility index (Phi) is 4.13. The summed E-state index contributed by atoms with van der Waals surface area (Å²) in [5, 5.41) is 10.3. The van der Waals surface area contributed by atoms with Crippen LogP contribution in [0, 0.1) is 27.7 Å². The van der Waals surface area contributed by atoms with Crippen molar-refractivity contribution in [3.63, 3.8) is 0 Å². The molecule has 0 bridgehead atoms. The molecule has 0 saturated carbocycles. The number of rotatable bonds is 4. The second-order valence-corrected chi connectivity index (χ2v) is 5.99. The summed E-state index contributed by atoms with van der Waals surface area (Å²) in [6.07, 6.45) is 0. The normalized spacial score (nSPS) is 11.6. The van der Waals surface area contributed by atoms with E-state index in [4.69, 9.17) is 0 Å². The van der Waals surface area contributed by atoms with Gasteiger partial charge in [0.25, 0.3) is 0 Å². The highest BCUT2D eigenvalue weighted by Gasteiger charge is 2.21. The standard InChI is InChI=1S/C12H17NO4S/c1-7-5-8(2)10(4)12(9(7)3)18(16,17)13-6-11(14)15/h5,13H,6H2,1-4H3,(H,14,15)/p-1. The van der Waals surface area contributed by atoms with Gasteiger partial charge in [-0.15, -0.1) is 0 Å². The van der Waals surface area contributed by atoms with Crippen molar-refractivity contribution in [3.05, 3.63) is 28.3 Å². The molecule has 0 fully saturated rings. The molecular weight excluding hydrogens is 254 g/mol. The minimum absolute atomic E-state index is 0.154. The molecule has 0 aromatic heterocycles. The van der Waals surface area contributed by atoms with E-state index in [1.54, 1.807) is 13.8 Å². The van der Waals surface area contributed by atoms with Crippen molar-refractivity contribution >= 4 is 16.0 Å². The predicted molar refractivity (Wildman–Crippen MR) is 65.6 cm³/mol. The van der Waals surface area contributed by atoms with Crippen molar-refractivity contribution in [2.75, 3.05) is 6.54 Å². The van der Waals surface area contributed by atoms with Crippen LogP contribution in [0.2, 0.25) is 0 Å². The Morgan fingerprint density at radius 3 is 2.00 bits per heavy atom. The topological polar surface area (TPSA) is 86.3 Å². The van der Waals surface area contributed by atoms with Gasteiger partial charge < -0.3 is 9.90 Å². The second-order valence-electron chi connectivity index (χ2n) is 4.29. The second kappa shape index (κ2) is 5.07. The number of carboxylic acids is 1. The van der Waals surface area contributed by atoms with Crippen LogP contribution < -0.4 is 9.83 Å². The van der Waals surface area contributed by atoms with Crippen LogP contribution in [-0.2, 0) is 14.8 Å². The van der Waals surface area contributed by atoms with Crippen LogP contribution in [0.25, 0.3) is 0 Å². The Morgan fingerprint density at radius 2 is 1.61 bits per heavy atom. The van der Waals surface area contributed by atoms with E-state index in [0.29, 0.717) is 11.1 Å². The third-order valence-corrected chi connectivity index (χ3v) is 4.65. The molecule has 1 N–H and O–H groups in total. The van der Waals surface area contributed by atoms with Crippen molar-refractivity contribution < 1.29 is 18.3 Å². The highest BCUT2D eigenvalue weighted by molar-refractivity contribution is 7.89. The Morgan fingerprint density at radius 1 is 1.17 bits per heavy atom. The molecule has 0 radical (unpaired) electrons. The van der Waals surface area contributed by atoms with E-state index < -0.39 is 22.5 Å². The number of hydrogen-bond acceptors (Lipinski definition) is 4. The lowest BCUT2D eigenvalue weighted by molar-refractivity contribution is -0.303. The summed E-state index contributed by atoms with van der Waals surface area (Å²) < 4.78 is 26.2. The molecule has 0 aliphatic rings. The van der Waals surface area contributed by atoms with Gasteiger partial charge in [-0.3, -0.25) is 0 Å². The first-order chi connectivity index (χ1) is 8.16. The van der Waals surface area contributed by atoms with E-state index >= 15 is 0 Å². The molecular formula is C12H16NO4S-. The van der Waals surface area contributed by atoms with Gasteiger partial charge in [0.2, 0.25) is 10.0 Å². The molecule has 1 rings (SSSR count). The van der Waals surface area contributed by atoms with Crippen molar-refractivity contribution in [1.82, 2.24) is 4.72 Å². The first-order valence-electron chi connectivity index (χ1n) is 5.43. The van der Waals surface area contributed by atoms with Crippen LogP contribution in [0.3, 0.4) is 0 Å². The Bertz CT molecular complexity index is 564. The zero-order valence-electron chi connectivity index (χ0n) is 10.8. The molecule has 0 aliphatic heterocycles. The van der Waals surface area contributed by atoms with Gasteiger partial charge in [0.15, 0.2) is 0 Å². The van der Waals surface area contributed by atoms with Gasteiger partial charge in [0.05, 0.1) is 17.4 Å².